The van der Waals surface area contributed by atoms with Crippen molar-refractivity contribution in [2.75, 3.05) is 0 Å². The van der Waals surface area contributed by atoms with Crippen molar-refractivity contribution in [1.82, 2.24) is 13.9 Å². The first-order chi connectivity index (χ1) is 14.5. The molecule has 5 nitrogen and oxygen atoms in total. The van der Waals surface area contributed by atoms with Crippen LogP contribution in [-0.2, 0) is 13.6 Å². The third kappa shape index (κ3) is 4.29. The molecule has 0 unspecified atom stereocenters. The molecule has 0 saturated heterocycles. The van der Waals surface area contributed by atoms with E-state index in [-0.39, 0.29) is 22.5 Å². The van der Waals surface area contributed by atoms with E-state index in [0.29, 0.717) is 12.2 Å². The molecule has 2 aromatic heterocycles. The van der Waals surface area contributed by atoms with Gasteiger partial charge in [0.05, 0.1) is 17.1 Å². The van der Waals surface area contributed by atoms with Crippen LogP contribution in [0.4, 0.5) is 5.69 Å². The lowest BCUT2D eigenvalue weighted by Gasteiger charge is -2.07. The maximum Gasteiger partial charge on any atom is 0.297 e. The number of aryl methyl sites for hydroxylation is 1. The van der Waals surface area contributed by atoms with Crippen LogP contribution < -0.4 is 27.3 Å². The number of hydrogen-bond acceptors (Lipinski definition) is 3. The van der Waals surface area contributed by atoms with Crippen molar-refractivity contribution in [3.63, 3.8) is 0 Å². The molecular weight excluding hydrogens is 472 g/mol. The number of benzene rings is 2. The fourth-order valence-electron chi connectivity index (χ4n) is 3.46. The van der Waals surface area contributed by atoms with E-state index in [1.54, 1.807) is 4.68 Å². The highest BCUT2D eigenvalue weighted by molar-refractivity contribution is 7.07. The van der Waals surface area contributed by atoms with Crippen molar-refractivity contribution in [2.45, 2.75) is 20.4 Å². The Labute approximate surface area is 196 Å². The van der Waals surface area contributed by atoms with Gasteiger partial charge < -0.3 is 21.5 Å². The molecule has 0 spiro atoms. The summed E-state index contributed by atoms with van der Waals surface area (Å²) in [5, 5.41) is 2.08. The van der Waals surface area contributed by atoms with Crippen LogP contribution in [0, 0.1) is 13.8 Å². The Morgan fingerprint density at radius 1 is 1.06 bits per heavy atom. The van der Waals surface area contributed by atoms with Gasteiger partial charge in [-0.25, -0.2) is 9.67 Å². The van der Waals surface area contributed by atoms with E-state index >= 15 is 0 Å². The molecule has 7 heteroatoms. The third-order valence-corrected chi connectivity index (χ3v) is 6.05. The van der Waals surface area contributed by atoms with E-state index < -0.39 is 0 Å². The lowest BCUT2D eigenvalue weighted by Crippen LogP contribution is -3.00. The summed E-state index contributed by atoms with van der Waals surface area (Å²) >= 11 is 1.53. The Bertz CT molecular complexity index is 1320. The van der Waals surface area contributed by atoms with Gasteiger partial charge in [-0.2, -0.15) is 0 Å². The Kier molecular flexibility index (Phi) is 6.97. The average Bonchev–Trinajstić information content (AvgIpc) is 3.24. The minimum atomic E-state index is -0.128. The fourth-order valence-corrected chi connectivity index (χ4v) is 4.38. The summed E-state index contributed by atoms with van der Waals surface area (Å²) in [6.07, 6.45) is 1.85. The zero-order chi connectivity index (χ0) is 21.3. The molecule has 0 bridgehead atoms. The minimum absolute atomic E-state index is 0. The molecule has 0 aliphatic rings. The van der Waals surface area contributed by atoms with Crippen LogP contribution in [0.5, 0.6) is 0 Å². The molecule has 4 aromatic rings. The highest BCUT2D eigenvalue weighted by Crippen LogP contribution is 2.22. The quantitative estimate of drug-likeness (QED) is 0.389. The molecule has 4 rings (SSSR count). The molecule has 0 aliphatic heterocycles. The number of thiazole rings is 1. The van der Waals surface area contributed by atoms with E-state index in [9.17, 15) is 4.79 Å². The molecule has 0 saturated carbocycles. The average molecular weight is 496 g/mol. The van der Waals surface area contributed by atoms with E-state index in [1.807, 2.05) is 55.1 Å². The molecule has 2 heterocycles. The van der Waals surface area contributed by atoms with Gasteiger partial charge in [-0.15, -0.1) is 17.9 Å². The number of hydrogen-bond donors (Lipinski definition) is 0. The number of para-hydroxylation sites is 1. The van der Waals surface area contributed by atoms with Crippen molar-refractivity contribution in [3.8, 4) is 16.9 Å². The number of rotatable bonds is 5. The van der Waals surface area contributed by atoms with Gasteiger partial charge in [-0.1, -0.05) is 54.1 Å². The van der Waals surface area contributed by atoms with Crippen LogP contribution >= 0.6 is 11.3 Å². The standard InChI is InChI=1S/C24H24N4OS.BrH/c1-5-15-27-21(19-13-11-17(2)12-14-19)16-30-24(27)25-22-18(3)26(4)28(23(22)29)20-9-7-6-8-10-20;/h5-14,16H,1,15H2,2-4H3;1H/p-1. The minimum Gasteiger partial charge on any atom is -1.00 e. The zero-order valence-corrected chi connectivity index (χ0v) is 20.2. The summed E-state index contributed by atoms with van der Waals surface area (Å²) in [6, 6.07) is 18.0. The highest BCUT2D eigenvalue weighted by atomic mass is 79.9. The van der Waals surface area contributed by atoms with Gasteiger partial charge in [-0.3, -0.25) is 9.48 Å². The van der Waals surface area contributed by atoms with Crippen LogP contribution in [0.1, 0.15) is 11.3 Å². The summed E-state index contributed by atoms with van der Waals surface area (Å²) in [7, 11) is 1.88. The summed E-state index contributed by atoms with van der Waals surface area (Å²) in [5.74, 6) is 0. The van der Waals surface area contributed by atoms with Crippen LogP contribution in [0.2, 0.25) is 0 Å². The Morgan fingerprint density at radius 3 is 2.39 bits per heavy atom. The maximum atomic E-state index is 13.2. The summed E-state index contributed by atoms with van der Waals surface area (Å²) in [5.41, 5.74) is 5.37. The predicted molar refractivity (Wildman–Crippen MR) is 124 cm³/mol. The number of halogens is 1. The first-order valence-electron chi connectivity index (χ1n) is 9.76. The maximum absolute atomic E-state index is 13.2. The van der Waals surface area contributed by atoms with Gasteiger partial charge in [0, 0.05) is 19.0 Å². The predicted octanol–water partition coefficient (Wildman–Crippen LogP) is 1.75. The van der Waals surface area contributed by atoms with Crippen LogP contribution in [0.25, 0.3) is 16.9 Å². The molecule has 0 aliphatic carbocycles. The van der Waals surface area contributed by atoms with Gasteiger partial charge in [0.15, 0.2) is 10.5 Å². The first-order valence-corrected chi connectivity index (χ1v) is 10.6. The highest BCUT2D eigenvalue weighted by Gasteiger charge is 2.16. The monoisotopic (exact) mass is 495 g/mol. The Balaban J connectivity index is 0.00000272. The molecular formula is C24H24BrN4OS-. The molecule has 160 valence electrons. The zero-order valence-electron chi connectivity index (χ0n) is 17.7. The van der Waals surface area contributed by atoms with Crippen molar-refractivity contribution < 1.29 is 17.0 Å². The van der Waals surface area contributed by atoms with Crippen molar-refractivity contribution in [1.29, 1.82) is 0 Å². The van der Waals surface area contributed by atoms with E-state index in [4.69, 9.17) is 4.99 Å². The number of allylic oxidation sites excluding steroid dienone is 1. The Morgan fingerprint density at radius 2 is 1.74 bits per heavy atom. The second kappa shape index (κ2) is 9.49. The normalized spacial score (nSPS) is 11.4. The van der Waals surface area contributed by atoms with Crippen molar-refractivity contribution >= 4 is 17.0 Å². The van der Waals surface area contributed by atoms with Gasteiger partial charge in [0.1, 0.15) is 0 Å². The van der Waals surface area contributed by atoms with E-state index in [0.717, 1.165) is 27.4 Å². The number of aromatic nitrogens is 3. The lowest BCUT2D eigenvalue weighted by atomic mass is 10.1. The van der Waals surface area contributed by atoms with Crippen molar-refractivity contribution in [2.24, 2.45) is 12.0 Å². The first kappa shape index (κ1) is 22.8. The number of nitrogens with zero attached hydrogens (tertiary/aromatic N) is 4. The third-order valence-electron chi connectivity index (χ3n) is 5.19. The molecule has 31 heavy (non-hydrogen) atoms. The topological polar surface area (TPSA) is 44.2 Å². The van der Waals surface area contributed by atoms with Gasteiger partial charge in [0.2, 0.25) is 0 Å². The van der Waals surface area contributed by atoms with Gasteiger partial charge in [-0.05, 0) is 31.5 Å². The molecule has 0 fully saturated rings. The lowest BCUT2D eigenvalue weighted by molar-refractivity contribution is -0.00000623. The summed E-state index contributed by atoms with van der Waals surface area (Å²) in [6.45, 7) is 8.51. The van der Waals surface area contributed by atoms with E-state index in [2.05, 4.69) is 47.7 Å². The second-order valence-electron chi connectivity index (χ2n) is 7.19. The second-order valence-corrected chi connectivity index (χ2v) is 8.03. The van der Waals surface area contributed by atoms with Crippen LogP contribution in [-0.4, -0.2) is 13.9 Å². The SMILES string of the molecule is C=CCn1c(-c2ccc(C)cc2)csc1=Nc1c(C)n(C)n(-c2ccccc2)c1=O.[Br-]. The molecule has 0 N–H and O–H groups in total. The molecule has 2 aromatic carbocycles. The summed E-state index contributed by atoms with van der Waals surface area (Å²) < 4.78 is 5.60. The van der Waals surface area contributed by atoms with Crippen LogP contribution in [0.3, 0.4) is 0 Å². The fraction of sp³-hybridized carbons (Fsp3) is 0.167. The van der Waals surface area contributed by atoms with Gasteiger partial charge in [0.25, 0.3) is 5.56 Å². The van der Waals surface area contributed by atoms with Crippen LogP contribution in [0.15, 0.2) is 82.4 Å². The molecule has 0 radical (unpaired) electrons. The molecule has 0 atom stereocenters. The van der Waals surface area contributed by atoms with Crippen molar-refractivity contribution in [3.05, 3.63) is 99.0 Å². The molecule has 0 amide bonds. The van der Waals surface area contributed by atoms with E-state index in [1.165, 1.54) is 16.9 Å². The smallest absolute Gasteiger partial charge is 0.297 e. The Hall–Kier alpha value is -2.90. The largest absolute Gasteiger partial charge is 1.00 e. The van der Waals surface area contributed by atoms with Gasteiger partial charge >= 0.3 is 0 Å². The summed E-state index contributed by atoms with van der Waals surface area (Å²) in [4.78, 5) is 18.8.